The Kier molecular flexibility index (Phi) is 15.6. The van der Waals surface area contributed by atoms with Gasteiger partial charge in [-0.2, -0.15) is 0 Å². The van der Waals surface area contributed by atoms with Crippen molar-refractivity contribution in [1.29, 1.82) is 0 Å². The summed E-state index contributed by atoms with van der Waals surface area (Å²) in [5.74, 6) is -3.95. The lowest BCUT2D eigenvalue weighted by atomic mass is 10.0. The summed E-state index contributed by atoms with van der Waals surface area (Å²) in [6, 6.07) is 6.83. The van der Waals surface area contributed by atoms with E-state index >= 15 is 0 Å². The third-order valence-corrected chi connectivity index (χ3v) is 5.23. The van der Waals surface area contributed by atoms with Gasteiger partial charge in [0.1, 0.15) is 36.2 Å². The van der Waals surface area contributed by atoms with Crippen molar-refractivity contribution in [3.05, 3.63) is 53.6 Å². The Morgan fingerprint density at radius 2 is 1.33 bits per heavy atom. The maximum atomic E-state index is 14.1. The monoisotopic (exact) mass is 596 g/mol. The number of hydrogen-bond donors (Lipinski definition) is 3. The number of carboxylic acids is 1. The molecule has 0 radical (unpaired) electrons. The van der Waals surface area contributed by atoms with Gasteiger partial charge < -0.3 is 39.4 Å². The summed E-state index contributed by atoms with van der Waals surface area (Å²) < 4.78 is 53.4. The van der Waals surface area contributed by atoms with E-state index in [-0.39, 0.29) is 73.7 Å². The number of carbonyl (C=O) groups excluding carboxylic acids is 3. The Balaban J connectivity index is 1.55. The van der Waals surface area contributed by atoms with Gasteiger partial charge in [0.25, 0.3) is 5.91 Å². The molecule has 0 saturated heterocycles. The summed E-state index contributed by atoms with van der Waals surface area (Å²) in [5.41, 5.74) is -0.0653. The third-order valence-electron chi connectivity index (χ3n) is 5.23. The van der Waals surface area contributed by atoms with Crippen molar-refractivity contribution in [2.24, 2.45) is 0 Å². The van der Waals surface area contributed by atoms with E-state index in [0.717, 1.165) is 6.07 Å². The van der Waals surface area contributed by atoms with Crippen LogP contribution in [0.15, 0.2) is 36.4 Å². The molecule has 0 atom stereocenters. The number of rotatable bonds is 21. The van der Waals surface area contributed by atoms with Gasteiger partial charge >= 0.3 is 5.97 Å². The maximum Gasteiger partial charge on any atom is 0.339 e. The number of benzene rings is 2. The fourth-order valence-corrected chi connectivity index (χ4v) is 3.31. The molecule has 0 spiro atoms. The average molecular weight is 597 g/mol. The second-order valence-electron chi connectivity index (χ2n) is 8.66. The van der Waals surface area contributed by atoms with Gasteiger partial charge in [-0.05, 0) is 36.8 Å². The molecule has 3 N–H and O–H groups in total. The van der Waals surface area contributed by atoms with Crippen molar-refractivity contribution in [1.82, 2.24) is 10.6 Å². The van der Waals surface area contributed by atoms with E-state index in [4.69, 9.17) is 23.7 Å². The SMILES string of the molecule is CC(=O)COCCOCCNC(=O)COCCOCCNC(=O)COc1ccc(-c2ccc(F)cc2F)cc1C(=O)O. The molecule has 0 heterocycles. The van der Waals surface area contributed by atoms with Gasteiger partial charge in [0.15, 0.2) is 12.4 Å². The first-order chi connectivity index (χ1) is 20.2. The maximum absolute atomic E-state index is 14.1. The fraction of sp³-hybridized carbons (Fsp3) is 0.429. The summed E-state index contributed by atoms with van der Waals surface area (Å²) in [7, 11) is 0. The number of ether oxygens (including phenoxy) is 5. The quantitative estimate of drug-likeness (QED) is 0.181. The molecule has 0 aromatic heterocycles. The first-order valence-corrected chi connectivity index (χ1v) is 13.0. The Labute approximate surface area is 241 Å². The number of ketones is 1. The van der Waals surface area contributed by atoms with Crippen LogP contribution in [0.3, 0.4) is 0 Å². The molecule has 2 amide bonds. The number of aromatic carboxylic acids is 1. The van der Waals surface area contributed by atoms with Crippen LogP contribution >= 0.6 is 0 Å². The number of hydrogen-bond acceptors (Lipinski definition) is 9. The molecular weight excluding hydrogens is 562 g/mol. The Bertz CT molecular complexity index is 1200. The van der Waals surface area contributed by atoms with Gasteiger partial charge in [0.05, 0.1) is 39.6 Å². The van der Waals surface area contributed by atoms with E-state index in [0.29, 0.717) is 32.4 Å². The lowest BCUT2D eigenvalue weighted by Gasteiger charge is -2.12. The highest BCUT2D eigenvalue weighted by atomic mass is 19.1. The average Bonchev–Trinajstić information content (AvgIpc) is 2.94. The van der Waals surface area contributed by atoms with Crippen LogP contribution in [0.5, 0.6) is 5.75 Å². The first kappa shape index (κ1) is 34.2. The van der Waals surface area contributed by atoms with Gasteiger partial charge in [0.2, 0.25) is 5.91 Å². The van der Waals surface area contributed by atoms with E-state index in [1.807, 2.05) is 0 Å². The minimum atomic E-state index is -1.35. The minimum Gasteiger partial charge on any atom is -0.483 e. The molecule has 0 saturated carbocycles. The predicted molar refractivity (Wildman–Crippen MR) is 144 cm³/mol. The van der Waals surface area contributed by atoms with Crippen LogP contribution < -0.4 is 15.4 Å². The molecule has 0 aliphatic rings. The van der Waals surface area contributed by atoms with E-state index < -0.39 is 30.1 Å². The van der Waals surface area contributed by atoms with Crippen molar-refractivity contribution in [2.45, 2.75) is 6.92 Å². The largest absolute Gasteiger partial charge is 0.483 e. The van der Waals surface area contributed by atoms with Gasteiger partial charge in [-0.25, -0.2) is 13.6 Å². The van der Waals surface area contributed by atoms with Crippen molar-refractivity contribution >= 4 is 23.6 Å². The van der Waals surface area contributed by atoms with E-state index in [2.05, 4.69) is 10.6 Å². The summed E-state index contributed by atoms with van der Waals surface area (Å²) in [4.78, 5) is 46.1. The van der Waals surface area contributed by atoms with Gasteiger partial charge in [0, 0.05) is 24.7 Å². The highest BCUT2D eigenvalue weighted by Crippen LogP contribution is 2.29. The number of amides is 2. The van der Waals surface area contributed by atoms with Crippen LogP contribution in [-0.2, 0) is 33.3 Å². The van der Waals surface area contributed by atoms with Crippen molar-refractivity contribution in [3.63, 3.8) is 0 Å². The minimum absolute atomic E-state index is 0.0175. The van der Waals surface area contributed by atoms with Crippen LogP contribution in [0.25, 0.3) is 11.1 Å². The zero-order valence-corrected chi connectivity index (χ0v) is 23.1. The van der Waals surface area contributed by atoms with Crippen LogP contribution in [0, 0.1) is 11.6 Å². The second-order valence-corrected chi connectivity index (χ2v) is 8.66. The second kappa shape index (κ2) is 19.2. The molecule has 2 aromatic rings. The van der Waals surface area contributed by atoms with Gasteiger partial charge in [-0.15, -0.1) is 0 Å². The van der Waals surface area contributed by atoms with Crippen LogP contribution in [0.1, 0.15) is 17.3 Å². The highest BCUT2D eigenvalue weighted by molar-refractivity contribution is 5.93. The highest BCUT2D eigenvalue weighted by Gasteiger charge is 2.16. The van der Waals surface area contributed by atoms with Crippen LogP contribution in [0.4, 0.5) is 8.78 Å². The lowest BCUT2D eigenvalue weighted by molar-refractivity contribution is -0.127. The summed E-state index contributed by atoms with van der Waals surface area (Å²) >= 11 is 0. The van der Waals surface area contributed by atoms with Gasteiger partial charge in [-0.1, -0.05) is 6.07 Å². The summed E-state index contributed by atoms with van der Waals surface area (Å²) in [5, 5.41) is 14.7. The molecule has 2 rings (SSSR count). The Morgan fingerprint density at radius 1 is 0.738 bits per heavy atom. The molecule has 0 aliphatic carbocycles. The predicted octanol–water partition coefficient (Wildman–Crippen LogP) is 1.60. The molecule has 2 aromatic carbocycles. The fourth-order valence-electron chi connectivity index (χ4n) is 3.31. The number of nitrogens with one attached hydrogen (secondary N) is 2. The van der Waals surface area contributed by atoms with Crippen LogP contribution in [0.2, 0.25) is 0 Å². The van der Waals surface area contributed by atoms with Crippen molar-refractivity contribution < 1.29 is 56.7 Å². The topological polar surface area (TPSA) is 159 Å². The molecule has 42 heavy (non-hydrogen) atoms. The van der Waals surface area contributed by atoms with E-state index in [9.17, 15) is 33.1 Å². The molecule has 0 bridgehead atoms. The smallest absolute Gasteiger partial charge is 0.339 e. The zero-order valence-electron chi connectivity index (χ0n) is 23.1. The number of carbonyl (C=O) groups is 4. The molecule has 0 unspecified atom stereocenters. The number of halogens is 2. The molecule has 12 nitrogen and oxygen atoms in total. The Morgan fingerprint density at radius 3 is 1.93 bits per heavy atom. The molecule has 0 aliphatic heterocycles. The van der Waals surface area contributed by atoms with E-state index in [1.54, 1.807) is 0 Å². The number of Topliss-reactive ketones (excluding diaryl/α,β-unsaturated/α-hetero) is 1. The summed E-state index contributed by atoms with van der Waals surface area (Å²) in [6.07, 6.45) is 0. The first-order valence-electron chi connectivity index (χ1n) is 13.0. The Hall–Kier alpha value is -3.98. The molecule has 230 valence electrons. The molecular formula is C28H34F2N2O10. The van der Waals surface area contributed by atoms with E-state index in [1.165, 1.54) is 31.2 Å². The lowest BCUT2D eigenvalue weighted by Crippen LogP contribution is -2.32. The van der Waals surface area contributed by atoms with Gasteiger partial charge in [-0.3, -0.25) is 14.4 Å². The molecule has 14 heteroatoms. The normalized spacial score (nSPS) is 10.7. The number of carboxylic acid groups (broad SMARTS) is 1. The zero-order chi connectivity index (χ0) is 30.7. The third kappa shape index (κ3) is 13.6. The molecule has 0 fully saturated rings. The van der Waals surface area contributed by atoms with Crippen LogP contribution in [-0.4, -0.2) is 101 Å². The standard InChI is InChI=1S/C28H34F2N2O10/c1-19(33)16-40-12-10-38-8-6-31-26(34)17-41-13-11-39-9-7-32-27(35)18-42-25-5-2-20(14-23(25)28(36)37)22-4-3-21(29)15-24(22)30/h2-5,14-15H,6-13,16-18H2,1H3,(H,31,34)(H,32,35)(H,36,37). The van der Waals surface area contributed by atoms with Crippen molar-refractivity contribution in [3.8, 4) is 16.9 Å². The summed E-state index contributed by atoms with van der Waals surface area (Å²) in [6.45, 7) is 2.70. The van der Waals surface area contributed by atoms with Crippen molar-refractivity contribution in [2.75, 3.05) is 72.6 Å².